The van der Waals surface area contributed by atoms with Crippen molar-refractivity contribution in [1.82, 2.24) is 9.80 Å². The molecule has 0 spiro atoms. The van der Waals surface area contributed by atoms with Crippen molar-refractivity contribution in [2.75, 3.05) is 21.1 Å². The highest BCUT2D eigenvalue weighted by atomic mass is 35.5. The molecule has 22 heavy (non-hydrogen) atoms. The predicted molar refractivity (Wildman–Crippen MR) is 92.7 cm³/mol. The van der Waals surface area contributed by atoms with Crippen LogP contribution in [0, 0.1) is 0 Å². The average Bonchev–Trinajstić information content (AvgIpc) is 2.50. The van der Waals surface area contributed by atoms with Crippen molar-refractivity contribution in [3.63, 3.8) is 0 Å². The van der Waals surface area contributed by atoms with Crippen LogP contribution in [0.5, 0.6) is 0 Å². The first kappa shape index (κ1) is 17.6. The van der Waals surface area contributed by atoms with Gasteiger partial charge in [-0.2, -0.15) is 0 Å². The Labute approximate surface area is 143 Å². The van der Waals surface area contributed by atoms with Crippen molar-refractivity contribution in [2.24, 2.45) is 0 Å². The summed E-state index contributed by atoms with van der Waals surface area (Å²) in [4.78, 5) is 16.8. The lowest BCUT2D eigenvalue weighted by Gasteiger charge is -2.41. The summed E-state index contributed by atoms with van der Waals surface area (Å²) < 4.78 is 0. The van der Waals surface area contributed by atoms with Crippen molar-refractivity contribution in [3.8, 4) is 0 Å². The molecule has 122 valence electrons. The zero-order valence-corrected chi connectivity index (χ0v) is 15.0. The molecule has 0 heterocycles. The van der Waals surface area contributed by atoms with Gasteiger partial charge in [0.05, 0.1) is 16.5 Å². The van der Waals surface area contributed by atoms with Crippen molar-refractivity contribution < 1.29 is 4.79 Å². The van der Waals surface area contributed by atoms with Crippen LogP contribution in [0.2, 0.25) is 10.0 Å². The minimum absolute atomic E-state index is 0.136. The summed E-state index contributed by atoms with van der Waals surface area (Å²) in [6.07, 6.45) is 5.03. The van der Waals surface area contributed by atoms with Gasteiger partial charge in [0.25, 0.3) is 0 Å². The van der Waals surface area contributed by atoms with Gasteiger partial charge < -0.3 is 9.80 Å². The Morgan fingerprint density at radius 1 is 1.09 bits per heavy atom. The lowest BCUT2D eigenvalue weighted by molar-refractivity contribution is -0.133. The van der Waals surface area contributed by atoms with E-state index < -0.39 is 0 Å². The summed E-state index contributed by atoms with van der Waals surface area (Å²) in [5.41, 5.74) is 0.906. The molecule has 1 amide bonds. The fourth-order valence-electron chi connectivity index (χ4n) is 3.28. The molecule has 1 aromatic rings. The van der Waals surface area contributed by atoms with Gasteiger partial charge in [0.1, 0.15) is 0 Å². The molecule has 2 rings (SSSR count). The van der Waals surface area contributed by atoms with Crippen LogP contribution in [0.3, 0.4) is 0 Å². The van der Waals surface area contributed by atoms with E-state index in [0.717, 1.165) is 18.4 Å². The van der Waals surface area contributed by atoms with Gasteiger partial charge in [-0.3, -0.25) is 4.79 Å². The van der Waals surface area contributed by atoms with Gasteiger partial charge in [0.15, 0.2) is 0 Å². The van der Waals surface area contributed by atoms with E-state index in [1.807, 2.05) is 18.0 Å². The highest BCUT2D eigenvalue weighted by molar-refractivity contribution is 6.42. The topological polar surface area (TPSA) is 23.6 Å². The second kappa shape index (κ2) is 7.67. The largest absolute Gasteiger partial charge is 0.341 e. The van der Waals surface area contributed by atoms with E-state index in [1.165, 1.54) is 12.8 Å². The van der Waals surface area contributed by atoms with Gasteiger partial charge in [0.2, 0.25) is 5.91 Å². The summed E-state index contributed by atoms with van der Waals surface area (Å²) >= 11 is 11.9. The molecule has 0 unspecified atom stereocenters. The van der Waals surface area contributed by atoms with Gasteiger partial charge >= 0.3 is 0 Å². The molecule has 1 aliphatic carbocycles. The van der Waals surface area contributed by atoms with Crippen molar-refractivity contribution >= 4 is 29.1 Å². The second-order valence-corrected chi connectivity index (χ2v) is 7.13. The monoisotopic (exact) mass is 342 g/mol. The quantitative estimate of drug-likeness (QED) is 0.829. The first-order chi connectivity index (χ1) is 10.4. The molecular formula is C17H24Cl2N2O. The SMILES string of the molecule is CN(C)[C@H]1CCCC[C@H]1N(C)C(=O)Cc1ccc(Cl)c(Cl)c1. The molecule has 1 fully saturated rings. The summed E-state index contributed by atoms with van der Waals surface area (Å²) in [7, 11) is 6.12. The van der Waals surface area contributed by atoms with Gasteiger partial charge in [0, 0.05) is 19.1 Å². The minimum Gasteiger partial charge on any atom is -0.341 e. The molecule has 3 nitrogen and oxygen atoms in total. The van der Waals surface area contributed by atoms with Gasteiger partial charge in [-0.15, -0.1) is 0 Å². The second-order valence-electron chi connectivity index (χ2n) is 6.31. The van der Waals surface area contributed by atoms with E-state index in [0.29, 0.717) is 28.5 Å². The Hall–Kier alpha value is -0.770. The maximum Gasteiger partial charge on any atom is 0.227 e. The van der Waals surface area contributed by atoms with Crippen LogP contribution in [-0.4, -0.2) is 48.9 Å². The van der Waals surface area contributed by atoms with E-state index in [4.69, 9.17) is 23.2 Å². The lowest BCUT2D eigenvalue weighted by atomic mass is 9.88. The maximum atomic E-state index is 12.6. The normalized spacial score (nSPS) is 21.9. The predicted octanol–water partition coefficient (Wildman–Crippen LogP) is 3.87. The third kappa shape index (κ3) is 4.15. The summed E-state index contributed by atoms with van der Waals surface area (Å²) in [5.74, 6) is 0.136. The molecule has 0 bridgehead atoms. The van der Waals surface area contributed by atoms with Crippen molar-refractivity contribution in [3.05, 3.63) is 33.8 Å². The Kier molecular flexibility index (Phi) is 6.13. The molecule has 0 saturated heterocycles. The summed E-state index contributed by atoms with van der Waals surface area (Å²) in [5, 5.41) is 1.02. The molecule has 0 aromatic heterocycles. The molecule has 1 aliphatic rings. The van der Waals surface area contributed by atoms with E-state index >= 15 is 0 Å². The van der Waals surface area contributed by atoms with Crippen LogP contribution in [0.25, 0.3) is 0 Å². The van der Waals surface area contributed by atoms with Gasteiger partial charge in [-0.05, 0) is 44.6 Å². The smallest absolute Gasteiger partial charge is 0.227 e. The van der Waals surface area contributed by atoms with Crippen LogP contribution >= 0.6 is 23.2 Å². The molecule has 0 radical (unpaired) electrons. The molecule has 0 aliphatic heterocycles. The number of halogens is 2. The zero-order valence-electron chi connectivity index (χ0n) is 13.5. The average molecular weight is 343 g/mol. The number of amides is 1. The fraction of sp³-hybridized carbons (Fsp3) is 0.588. The highest BCUT2D eigenvalue weighted by Gasteiger charge is 2.31. The first-order valence-corrected chi connectivity index (χ1v) is 8.51. The molecule has 1 saturated carbocycles. The molecular weight excluding hydrogens is 319 g/mol. The third-order valence-corrected chi connectivity index (χ3v) is 5.33. The van der Waals surface area contributed by atoms with Gasteiger partial charge in [-0.25, -0.2) is 0 Å². The number of carbonyl (C=O) groups excluding carboxylic acids is 1. The Morgan fingerprint density at radius 3 is 2.32 bits per heavy atom. The van der Waals surface area contributed by atoms with E-state index in [-0.39, 0.29) is 5.91 Å². The van der Waals surface area contributed by atoms with E-state index in [2.05, 4.69) is 19.0 Å². The third-order valence-electron chi connectivity index (χ3n) is 4.59. The fourth-order valence-corrected chi connectivity index (χ4v) is 3.60. The first-order valence-electron chi connectivity index (χ1n) is 7.76. The van der Waals surface area contributed by atoms with E-state index in [1.54, 1.807) is 12.1 Å². The standard InChI is InChI=1S/C17H24Cl2N2O/c1-20(2)15-6-4-5-7-16(15)21(3)17(22)11-12-8-9-13(18)14(19)10-12/h8-10,15-16H,4-7,11H2,1-3H3/t15-,16+/m0/s1. The number of likely N-dealkylation sites (N-methyl/N-ethyl adjacent to an activating group) is 2. The van der Waals surface area contributed by atoms with Crippen LogP contribution in [0.1, 0.15) is 31.2 Å². The van der Waals surface area contributed by atoms with Crippen LogP contribution in [0.4, 0.5) is 0 Å². The maximum absolute atomic E-state index is 12.6. The number of hydrogen-bond acceptors (Lipinski definition) is 2. The van der Waals surface area contributed by atoms with Crippen LogP contribution in [-0.2, 0) is 11.2 Å². The number of rotatable bonds is 4. The highest BCUT2D eigenvalue weighted by Crippen LogP contribution is 2.27. The van der Waals surface area contributed by atoms with Crippen LogP contribution in [0.15, 0.2) is 18.2 Å². The molecule has 5 heteroatoms. The van der Waals surface area contributed by atoms with Crippen molar-refractivity contribution in [1.29, 1.82) is 0 Å². The Bertz CT molecular complexity index is 533. The molecule has 0 N–H and O–H groups in total. The molecule has 1 aromatic carbocycles. The number of benzene rings is 1. The Morgan fingerprint density at radius 2 is 1.73 bits per heavy atom. The number of carbonyl (C=O) groups is 1. The summed E-state index contributed by atoms with van der Waals surface area (Å²) in [6, 6.07) is 6.12. The summed E-state index contributed by atoms with van der Waals surface area (Å²) in [6.45, 7) is 0. The van der Waals surface area contributed by atoms with E-state index in [9.17, 15) is 4.79 Å². The number of nitrogens with zero attached hydrogens (tertiary/aromatic N) is 2. The number of hydrogen-bond donors (Lipinski definition) is 0. The lowest BCUT2D eigenvalue weighted by Crippen LogP contribution is -2.52. The van der Waals surface area contributed by atoms with Gasteiger partial charge in [-0.1, -0.05) is 42.1 Å². The Balaban J connectivity index is 2.05. The zero-order chi connectivity index (χ0) is 16.3. The minimum atomic E-state index is 0.136. The van der Waals surface area contributed by atoms with Crippen molar-refractivity contribution in [2.45, 2.75) is 44.2 Å². The molecule has 2 atom stereocenters. The van der Waals surface area contributed by atoms with Crippen LogP contribution < -0.4 is 0 Å².